The molecule has 90 valence electrons. The van der Waals surface area contributed by atoms with Gasteiger partial charge < -0.3 is 15.4 Å². The van der Waals surface area contributed by atoms with Crippen LogP contribution in [0.1, 0.15) is 27.2 Å². The Hall–Kier alpha value is -0.610. The van der Waals surface area contributed by atoms with E-state index >= 15 is 0 Å². The smallest absolute Gasteiger partial charge is 0.223 e. The fraction of sp³-hybridized carbons (Fsp3) is 0.909. The molecule has 0 bridgehead atoms. The predicted molar refractivity (Wildman–Crippen MR) is 61.6 cm³/mol. The lowest BCUT2D eigenvalue weighted by molar-refractivity contribution is -0.135. The molecular weight excluding hydrogens is 192 g/mol. The van der Waals surface area contributed by atoms with Gasteiger partial charge in [-0.25, -0.2) is 0 Å². The van der Waals surface area contributed by atoms with Crippen LogP contribution in [0.4, 0.5) is 0 Å². The highest BCUT2D eigenvalue weighted by Gasteiger charge is 2.26. The number of hydrogen-bond acceptors (Lipinski definition) is 3. The predicted octanol–water partition coefficient (Wildman–Crippen LogP) is 0.855. The third kappa shape index (κ3) is 4.62. The second-order valence-electron chi connectivity index (χ2n) is 4.73. The number of hydrogen-bond donors (Lipinski definition) is 1. The van der Waals surface area contributed by atoms with Crippen LogP contribution in [0, 0.1) is 5.92 Å². The summed E-state index contributed by atoms with van der Waals surface area (Å²) in [5, 5.41) is 0. The number of carbonyl (C=O) groups is 1. The van der Waals surface area contributed by atoms with Crippen LogP contribution in [0.2, 0.25) is 0 Å². The molecule has 0 heterocycles. The van der Waals surface area contributed by atoms with Gasteiger partial charge in [0.25, 0.3) is 0 Å². The molecule has 4 nitrogen and oxygen atoms in total. The SMILES string of the molecule is COCC(C)CC(=O)N(C)C(C)(C)CN. The van der Waals surface area contributed by atoms with Gasteiger partial charge in [-0.2, -0.15) is 0 Å². The molecule has 0 aliphatic carbocycles. The highest BCUT2D eigenvalue weighted by atomic mass is 16.5. The molecule has 0 aromatic rings. The standard InChI is InChI=1S/C11H24N2O2/c1-9(7-15-5)6-10(14)13(4)11(2,3)8-12/h9H,6-8,12H2,1-5H3. The van der Waals surface area contributed by atoms with E-state index in [1.807, 2.05) is 20.8 Å². The second-order valence-corrected chi connectivity index (χ2v) is 4.73. The minimum Gasteiger partial charge on any atom is -0.384 e. The third-order valence-electron chi connectivity index (χ3n) is 2.76. The monoisotopic (exact) mass is 216 g/mol. The van der Waals surface area contributed by atoms with E-state index in [1.165, 1.54) is 0 Å². The number of rotatable bonds is 6. The Morgan fingerprint density at radius 3 is 2.47 bits per heavy atom. The molecule has 0 aliphatic rings. The molecule has 0 rings (SSSR count). The second kappa shape index (κ2) is 6.08. The van der Waals surface area contributed by atoms with Gasteiger partial charge in [0.1, 0.15) is 0 Å². The molecule has 15 heavy (non-hydrogen) atoms. The molecule has 0 aromatic heterocycles. The molecule has 1 unspecified atom stereocenters. The first kappa shape index (κ1) is 14.4. The van der Waals surface area contributed by atoms with E-state index < -0.39 is 0 Å². The van der Waals surface area contributed by atoms with Crippen molar-refractivity contribution in [3.05, 3.63) is 0 Å². The quantitative estimate of drug-likeness (QED) is 0.716. The van der Waals surface area contributed by atoms with Crippen molar-refractivity contribution in [2.45, 2.75) is 32.7 Å². The minimum absolute atomic E-state index is 0.120. The molecule has 0 saturated heterocycles. The van der Waals surface area contributed by atoms with Gasteiger partial charge in [0, 0.05) is 39.3 Å². The van der Waals surface area contributed by atoms with Gasteiger partial charge in [-0.3, -0.25) is 4.79 Å². The Balaban J connectivity index is 4.21. The fourth-order valence-corrected chi connectivity index (χ4v) is 1.25. The van der Waals surface area contributed by atoms with E-state index in [4.69, 9.17) is 10.5 Å². The highest BCUT2D eigenvalue weighted by molar-refractivity contribution is 5.76. The topological polar surface area (TPSA) is 55.6 Å². The van der Waals surface area contributed by atoms with Crippen molar-refractivity contribution in [3.8, 4) is 0 Å². The number of likely N-dealkylation sites (N-methyl/N-ethyl adjacent to an activating group) is 1. The van der Waals surface area contributed by atoms with Crippen molar-refractivity contribution in [2.24, 2.45) is 11.7 Å². The van der Waals surface area contributed by atoms with Crippen molar-refractivity contribution in [1.29, 1.82) is 0 Å². The molecule has 0 spiro atoms. The number of ether oxygens (including phenoxy) is 1. The summed E-state index contributed by atoms with van der Waals surface area (Å²) in [6.07, 6.45) is 0.508. The fourth-order valence-electron chi connectivity index (χ4n) is 1.25. The van der Waals surface area contributed by atoms with Crippen LogP contribution in [-0.4, -0.2) is 43.7 Å². The molecular formula is C11H24N2O2. The van der Waals surface area contributed by atoms with Crippen molar-refractivity contribution in [2.75, 3.05) is 27.3 Å². The van der Waals surface area contributed by atoms with E-state index in [-0.39, 0.29) is 17.4 Å². The zero-order valence-corrected chi connectivity index (χ0v) is 10.5. The lowest BCUT2D eigenvalue weighted by atomic mass is 10.0. The summed E-state index contributed by atoms with van der Waals surface area (Å²) < 4.78 is 5.00. The van der Waals surface area contributed by atoms with Crippen LogP contribution in [0.25, 0.3) is 0 Å². The summed E-state index contributed by atoms with van der Waals surface area (Å²) in [6, 6.07) is 0. The zero-order chi connectivity index (χ0) is 12.1. The van der Waals surface area contributed by atoms with E-state index in [0.29, 0.717) is 19.6 Å². The van der Waals surface area contributed by atoms with Gasteiger partial charge in [-0.05, 0) is 19.8 Å². The third-order valence-corrected chi connectivity index (χ3v) is 2.76. The summed E-state index contributed by atoms with van der Waals surface area (Å²) in [6.45, 7) is 7.01. The first-order chi connectivity index (χ1) is 6.85. The number of nitrogens with zero attached hydrogens (tertiary/aromatic N) is 1. The summed E-state index contributed by atoms with van der Waals surface area (Å²) in [7, 11) is 3.45. The van der Waals surface area contributed by atoms with E-state index in [9.17, 15) is 4.79 Å². The molecule has 1 amide bonds. The summed E-state index contributed by atoms with van der Waals surface area (Å²) in [4.78, 5) is 13.6. The number of nitrogens with two attached hydrogens (primary N) is 1. The number of carbonyl (C=O) groups excluding carboxylic acids is 1. The summed E-state index contributed by atoms with van der Waals surface area (Å²) in [5.74, 6) is 0.369. The maximum Gasteiger partial charge on any atom is 0.223 e. The molecule has 2 N–H and O–H groups in total. The van der Waals surface area contributed by atoms with Gasteiger partial charge in [0.2, 0.25) is 5.91 Å². The van der Waals surface area contributed by atoms with Crippen LogP contribution in [0.15, 0.2) is 0 Å². The van der Waals surface area contributed by atoms with Gasteiger partial charge in [0.05, 0.1) is 0 Å². The van der Waals surface area contributed by atoms with E-state index in [1.54, 1.807) is 19.1 Å². The lowest BCUT2D eigenvalue weighted by Crippen LogP contribution is -2.50. The molecule has 1 atom stereocenters. The van der Waals surface area contributed by atoms with Crippen LogP contribution in [0.3, 0.4) is 0 Å². The summed E-state index contributed by atoms with van der Waals surface area (Å²) >= 11 is 0. The van der Waals surface area contributed by atoms with E-state index in [2.05, 4.69) is 0 Å². The maximum atomic E-state index is 11.8. The van der Waals surface area contributed by atoms with Crippen molar-refractivity contribution >= 4 is 5.91 Å². The van der Waals surface area contributed by atoms with Crippen LogP contribution in [0.5, 0.6) is 0 Å². The Morgan fingerprint density at radius 2 is 2.07 bits per heavy atom. The van der Waals surface area contributed by atoms with Gasteiger partial charge in [-0.15, -0.1) is 0 Å². The van der Waals surface area contributed by atoms with Crippen molar-refractivity contribution < 1.29 is 9.53 Å². The molecule has 0 aromatic carbocycles. The van der Waals surface area contributed by atoms with Crippen molar-refractivity contribution in [1.82, 2.24) is 4.90 Å². The average Bonchev–Trinajstić information content (AvgIpc) is 2.16. The molecule has 0 fully saturated rings. The molecule has 0 aliphatic heterocycles. The summed E-state index contributed by atoms with van der Waals surface area (Å²) in [5.41, 5.74) is 5.34. The first-order valence-corrected chi connectivity index (χ1v) is 5.30. The first-order valence-electron chi connectivity index (χ1n) is 5.30. The molecule has 4 heteroatoms. The van der Waals surface area contributed by atoms with Crippen LogP contribution in [-0.2, 0) is 9.53 Å². The highest BCUT2D eigenvalue weighted by Crippen LogP contribution is 2.14. The largest absolute Gasteiger partial charge is 0.384 e. The zero-order valence-electron chi connectivity index (χ0n) is 10.5. The van der Waals surface area contributed by atoms with Gasteiger partial charge in [-0.1, -0.05) is 6.92 Å². The van der Waals surface area contributed by atoms with E-state index in [0.717, 1.165) is 0 Å². The van der Waals surface area contributed by atoms with Crippen molar-refractivity contribution in [3.63, 3.8) is 0 Å². The van der Waals surface area contributed by atoms with Crippen LogP contribution >= 0.6 is 0 Å². The Labute approximate surface area is 92.8 Å². The lowest BCUT2D eigenvalue weighted by Gasteiger charge is -2.35. The maximum absolute atomic E-state index is 11.8. The van der Waals surface area contributed by atoms with Gasteiger partial charge >= 0.3 is 0 Å². The normalized spacial score (nSPS) is 13.7. The number of methoxy groups -OCH3 is 1. The average molecular weight is 216 g/mol. The Morgan fingerprint density at radius 1 is 1.53 bits per heavy atom. The Bertz CT molecular complexity index is 205. The van der Waals surface area contributed by atoms with Gasteiger partial charge in [0.15, 0.2) is 0 Å². The molecule has 0 radical (unpaired) electrons. The molecule has 0 saturated carbocycles. The number of amides is 1. The minimum atomic E-state index is -0.274. The van der Waals surface area contributed by atoms with Crippen LogP contribution < -0.4 is 5.73 Å². The Kier molecular flexibility index (Phi) is 5.83.